The van der Waals surface area contributed by atoms with Gasteiger partial charge in [0.05, 0.1) is 6.04 Å². The molecule has 2 unspecified atom stereocenters. The highest BCUT2D eigenvalue weighted by Crippen LogP contribution is 2.03. The van der Waals surface area contributed by atoms with Gasteiger partial charge in [0.2, 0.25) is 5.91 Å². The molecule has 0 spiro atoms. The van der Waals surface area contributed by atoms with Gasteiger partial charge in [0, 0.05) is 12.5 Å². The number of hydrogen-bond acceptors (Lipinski definition) is 3. The van der Waals surface area contributed by atoms with Crippen LogP contribution in [-0.4, -0.2) is 29.1 Å². The summed E-state index contributed by atoms with van der Waals surface area (Å²) in [6.07, 6.45) is 0.910. The Hall–Kier alpha value is -1.88. The molecule has 0 aromatic heterocycles. The Labute approximate surface area is 112 Å². The minimum absolute atomic E-state index is 0.0371. The van der Waals surface area contributed by atoms with E-state index >= 15 is 0 Å². The number of rotatable bonds is 7. The Morgan fingerprint density at radius 3 is 2.53 bits per heavy atom. The fourth-order valence-corrected chi connectivity index (χ4v) is 1.72. The molecule has 0 bridgehead atoms. The molecule has 1 rings (SSSR count). The van der Waals surface area contributed by atoms with Crippen molar-refractivity contribution in [1.82, 2.24) is 5.32 Å². The van der Waals surface area contributed by atoms with Gasteiger partial charge in [-0.3, -0.25) is 9.59 Å². The molecular formula is C14H20N2O3. The van der Waals surface area contributed by atoms with Gasteiger partial charge in [-0.1, -0.05) is 30.3 Å². The van der Waals surface area contributed by atoms with E-state index in [1.165, 1.54) is 0 Å². The largest absolute Gasteiger partial charge is 0.481 e. The molecular weight excluding hydrogens is 244 g/mol. The fourth-order valence-electron chi connectivity index (χ4n) is 1.72. The second kappa shape index (κ2) is 7.53. The summed E-state index contributed by atoms with van der Waals surface area (Å²) in [5, 5.41) is 11.3. The van der Waals surface area contributed by atoms with E-state index < -0.39 is 12.0 Å². The maximum absolute atomic E-state index is 11.8. The molecule has 1 aromatic rings. The lowest BCUT2D eigenvalue weighted by Gasteiger charge is -2.17. The Balaban J connectivity index is 2.38. The number of carbonyl (C=O) groups is 2. The molecule has 1 aromatic carbocycles. The van der Waals surface area contributed by atoms with E-state index in [0.717, 1.165) is 5.56 Å². The molecule has 19 heavy (non-hydrogen) atoms. The Morgan fingerprint density at radius 1 is 1.32 bits per heavy atom. The number of benzene rings is 1. The fraction of sp³-hybridized carbons (Fsp3) is 0.429. The third kappa shape index (κ3) is 6.01. The van der Waals surface area contributed by atoms with E-state index in [4.69, 9.17) is 10.8 Å². The smallest absolute Gasteiger partial charge is 0.303 e. The highest BCUT2D eigenvalue weighted by atomic mass is 16.4. The van der Waals surface area contributed by atoms with Crippen LogP contribution in [-0.2, 0) is 16.0 Å². The Kier molecular flexibility index (Phi) is 6.02. The molecule has 1 amide bonds. The third-order valence-corrected chi connectivity index (χ3v) is 2.82. The summed E-state index contributed by atoms with van der Waals surface area (Å²) in [5.41, 5.74) is 6.83. The van der Waals surface area contributed by atoms with Crippen LogP contribution in [0.1, 0.15) is 25.3 Å². The molecule has 0 saturated carbocycles. The molecule has 5 nitrogen and oxygen atoms in total. The number of amides is 1. The SMILES string of the molecule is CC(CCC(=O)O)NC(=O)C(N)Cc1ccccc1. The first-order valence-electron chi connectivity index (χ1n) is 6.30. The van der Waals surface area contributed by atoms with Gasteiger partial charge in [-0.25, -0.2) is 0 Å². The number of nitrogens with one attached hydrogen (secondary N) is 1. The van der Waals surface area contributed by atoms with Crippen LogP contribution in [0.15, 0.2) is 30.3 Å². The third-order valence-electron chi connectivity index (χ3n) is 2.82. The summed E-state index contributed by atoms with van der Waals surface area (Å²) in [4.78, 5) is 22.2. The first-order chi connectivity index (χ1) is 8.99. The van der Waals surface area contributed by atoms with Gasteiger partial charge >= 0.3 is 5.97 Å². The van der Waals surface area contributed by atoms with Crippen molar-refractivity contribution < 1.29 is 14.7 Å². The van der Waals surface area contributed by atoms with E-state index in [9.17, 15) is 9.59 Å². The molecule has 0 aliphatic rings. The number of carboxylic acid groups (broad SMARTS) is 1. The topological polar surface area (TPSA) is 92.4 Å². The number of carboxylic acids is 1. The summed E-state index contributed by atoms with van der Waals surface area (Å²) in [6.45, 7) is 1.77. The van der Waals surface area contributed by atoms with Crippen molar-refractivity contribution in [2.24, 2.45) is 5.73 Å². The van der Waals surface area contributed by atoms with Crippen molar-refractivity contribution in [1.29, 1.82) is 0 Å². The van der Waals surface area contributed by atoms with Crippen LogP contribution < -0.4 is 11.1 Å². The molecule has 4 N–H and O–H groups in total. The lowest BCUT2D eigenvalue weighted by atomic mass is 10.1. The van der Waals surface area contributed by atoms with Gasteiger partial charge < -0.3 is 16.2 Å². The van der Waals surface area contributed by atoms with Gasteiger partial charge in [0.25, 0.3) is 0 Å². The van der Waals surface area contributed by atoms with Crippen molar-refractivity contribution in [2.45, 2.75) is 38.3 Å². The summed E-state index contributed by atoms with van der Waals surface area (Å²) in [5.74, 6) is -1.11. The molecule has 0 fully saturated rings. The first kappa shape index (κ1) is 15.2. The quantitative estimate of drug-likeness (QED) is 0.683. The zero-order valence-electron chi connectivity index (χ0n) is 11.0. The minimum Gasteiger partial charge on any atom is -0.481 e. The number of carbonyl (C=O) groups excluding carboxylic acids is 1. The molecule has 0 aliphatic heterocycles. The van der Waals surface area contributed by atoms with Crippen LogP contribution in [0.2, 0.25) is 0 Å². The highest BCUT2D eigenvalue weighted by molar-refractivity contribution is 5.82. The van der Waals surface area contributed by atoms with E-state index in [1.54, 1.807) is 6.92 Å². The monoisotopic (exact) mass is 264 g/mol. The summed E-state index contributed by atoms with van der Waals surface area (Å²) in [7, 11) is 0. The van der Waals surface area contributed by atoms with Gasteiger partial charge in [-0.05, 0) is 25.3 Å². The van der Waals surface area contributed by atoms with Crippen molar-refractivity contribution >= 4 is 11.9 Å². The molecule has 5 heteroatoms. The molecule has 0 aliphatic carbocycles. The number of nitrogens with two attached hydrogens (primary N) is 1. The average Bonchev–Trinajstić information content (AvgIpc) is 2.37. The van der Waals surface area contributed by atoms with Crippen LogP contribution >= 0.6 is 0 Å². The number of aliphatic carboxylic acids is 1. The van der Waals surface area contributed by atoms with Crippen LogP contribution in [0, 0.1) is 0 Å². The summed E-state index contributed by atoms with van der Waals surface area (Å²) >= 11 is 0. The van der Waals surface area contributed by atoms with E-state index in [1.807, 2.05) is 30.3 Å². The van der Waals surface area contributed by atoms with Crippen LogP contribution in [0.3, 0.4) is 0 Å². The molecule has 104 valence electrons. The van der Waals surface area contributed by atoms with Crippen molar-refractivity contribution in [3.63, 3.8) is 0 Å². The van der Waals surface area contributed by atoms with Crippen molar-refractivity contribution in [3.05, 3.63) is 35.9 Å². The Bertz CT molecular complexity index is 420. The first-order valence-corrected chi connectivity index (χ1v) is 6.30. The van der Waals surface area contributed by atoms with E-state index in [-0.39, 0.29) is 18.4 Å². The highest BCUT2D eigenvalue weighted by Gasteiger charge is 2.16. The predicted octanol–water partition coefficient (Wildman–Crippen LogP) is 0.926. The van der Waals surface area contributed by atoms with Crippen molar-refractivity contribution in [2.75, 3.05) is 0 Å². The normalized spacial score (nSPS) is 13.6. The lowest BCUT2D eigenvalue weighted by Crippen LogP contribution is -2.45. The van der Waals surface area contributed by atoms with Crippen molar-refractivity contribution in [3.8, 4) is 0 Å². The average molecular weight is 264 g/mol. The summed E-state index contributed by atoms with van der Waals surface area (Å²) < 4.78 is 0. The zero-order chi connectivity index (χ0) is 14.3. The zero-order valence-corrected chi connectivity index (χ0v) is 11.0. The lowest BCUT2D eigenvalue weighted by molar-refractivity contribution is -0.137. The molecule has 2 atom stereocenters. The van der Waals surface area contributed by atoms with Crippen LogP contribution in [0.5, 0.6) is 0 Å². The molecule has 0 heterocycles. The van der Waals surface area contributed by atoms with E-state index in [0.29, 0.717) is 12.8 Å². The maximum atomic E-state index is 11.8. The van der Waals surface area contributed by atoms with Crippen LogP contribution in [0.25, 0.3) is 0 Å². The maximum Gasteiger partial charge on any atom is 0.303 e. The van der Waals surface area contributed by atoms with Gasteiger partial charge in [-0.2, -0.15) is 0 Å². The summed E-state index contributed by atoms with van der Waals surface area (Å²) in [6, 6.07) is 8.73. The van der Waals surface area contributed by atoms with Gasteiger partial charge in [-0.15, -0.1) is 0 Å². The minimum atomic E-state index is -0.866. The standard InChI is InChI=1S/C14H20N2O3/c1-10(7-8-13(17)18)16-14(19)12(15)9-11-5-3-2-4-6-11/h2-6,10,12H,7-9,15H2,1H3,(H,16,19)(H,17,18). The Morgan fingerprint density at radius 2 is 1.95 bits per heavy atom. The van der Waals surface area contributed by atoms with Crippen LogP contribution in [0.4, 0.5) is 0 Å². The molecule has 0 radical (unpaired) electrons. The molecule has 0 saturated heterocycles. The van der Waals surface area contributed by atoms with Gasteiger partial charge in [0.15, 0.2) is 0 Å². The van der Waals surface area contributed by atoms with E-state index in [2.05, 4.69) is 5.32 Å². The second-order valence-electron chi connectivity index (χ2n) is 4.64. The second-order valence-corrected chi connectivity index (χ2v) is 4.64. The predicted molar refractivity (Wildman–Crippen MR) is 72.6 cm³/mol. The van der Waals surface area contributed by atoms with Gasteiger partial charge in [0.1, 0.15) is 0 Å². The number of hydrogen-bond donors (Lipinski definition) is 3.